The molecule has 0 spiro atoms. The number of pyridine rings is 1. The van der Waals surface area contributed by atoms with E-state index in [9.17, 15) is 5.11 Å². The second kappa shape index (κ2) is 3.65. The number of hydrogen-bond acceptors (Lipinski definition) is 3. The molecule has 0 radical (unpaired) electrons. The molecule has 0 saturated heterocycles. The topological polar surface area (TPSA) is 45.1 Å². The molecule has 15 heavy (non-hydrogen) atoms. The van der Waals surface area contributed by atoms with Crippen molar-refractivity contribution in [2.75, 3.05) is 5.32 Å². The Hall–Kier alpha value is -0.800. The fraction of sp³-hybridized carbons (Fsp3) is 0.545. The number of aliphatic hydroxyl groups is 1. The number of halogens is 1. The lowest BCUT2D eigenvalue weighted by atomic mass is 9.64. The summed E-state index contributed by atoms with van der Waals surface area (Å²) in [6, 6.07) is 3.97. The van der Waals surface area contributed by atoms with Gasteiger partial charge in [-0.3, -0.25) is 0 Å². The zero-order valence-electron chi connectivity index (χ0n) is 8.87. The van der Waals surface area contributed by atoms with E-state index in [-0.39, 0.29) is 11.5 Å². The first-order chi connectivity index (χ1) is 7.00. The summed E-state index contributed by atoms with van der Waals surface area (Å²) in [5.41, 5.74) is 0.885. The van der Waals surface area contributed by atoms with Crippen molar-refractivity contribution in [3.05, 3.63) is 23.5 Å². The van der Waals surface area contributed by atoms with Gasteiger partial charge in [0.1, 0.15) is 5.15 Å². The average molecular weight is 227 g/mol. The molecular formula is C11H15ClN2O. The van der Waals surface area contributed by atoms with Crippen molar-refractivity contribution in [3.63, 3.8) is 0 Å². The van der Waals surface area contributed by atoms with Crippen molar-refractivity contribution in [1.29, 1.82) is 0 Å². The maximum atomic E-state index is 9.60. The summed E-state index contributed by atoms with van der Waals surface area (Å²) in [5, 5.41) is 13.4. The van der Waals surface area contributed by atoms with Gasteiger partial charge in [0, 0.05) is 23.3 Å². The molecule has 1 aromatic heterocycles. The minimum absolute atomic E-state index is 0.0737. The lowest BCUT2D eigenvalue weighted by Crippen LogP contribution is -2.56. The fourth-order valence-corrected chi connectivity index (χ4v) is 2.01. The van der Waals surface area contributed by atoms with Crippen LogP contribution < -0.4 is 5.32 Å². The summed E-state index contributed by atoms with van der Waals surface area (Å²) >= 11 is 5.79. The van der Waals surface area contributed by atoms with Gasteiger partial charge in [-0.05, 0) is 18.6 Å². The number of rotatable bonds is 2. The number of hydrogen-bond donors (Lipinski definition) is 2. The van der Waals surface area contributed by atoms with Crippen LogP contribution in [0.1, 0.15) is 20.3 Å². The van der Waals surface area contributed by atoms with E-state index in [1.165, 1.54) is 0 Å². The third-order valence-electron chi connectivity index (χ3n) is 3.28. The molecule has 1 aliphatic carbocycles. The number of nitrogens with one attached hydrogen (secondary N) is 1. The summed E-state index contributed by atoms with van der Waals surface area (Å²) in [5.74, 6) is 0. The maximum absolute atomic E-state index is 9.60. The van der Waals surface area contributed by atoms with E-state index in [1.807, 2.05) is 6.07 Å². The van der Waals surface area contributed by atoms with Gasteiger partial charge in [-0.25, -0.2) is 4.98 Å². The van der Waals surface area contributed by atoms with E-state index in [0.717, 1.165) is 12.1 Å². The van der Waals surface area contributed by atoms with Crippen LogP contribution in [-0.4, -0.2) is 22.2 Å². The van der Waals surface area contributed by atoms with Crippen molar-refractivity contribution < 1.29 is 5.11 Å². The molecule has 4 heteroatoms. The van der Waals surface area contributed by atoms with Crippen LogP contribution in [0.4, 0.5) is 5.69 Å². The predicted octanol–water partition coefficient (Wildman–Crippen LogP) is 2.31. The summed E-state index contributed by atoms with van der Waals surface area (Å²) in [6.07, 6.45) is 2.24. The van der Waals surface area contributed by atoms with Gasteiger partial charge in [0.15, 0.2) is 0 Å². The molecule has 0 aliphatic heterocycles. The zero-order valence-corrected chi connectivity index (χ0v) is 9.62. The predicted molar refractivity (Wildman–Crippen MR) is 61.1 cm³/mol. The molecule has 0 aromatic carbocycles. The monoisotopic (exact) mass is 226 g/mol. The number of nitrogens with zero attached hydrogens (tertiary/aromatic N) is 1. The Morgan fingerprint density at radius 1 is 1.60 bits per heavy atom. The average Bonchev–Trinajstić information content (AvgIpc) is 2.17. The smallest absolute Gasteiger partial charge is 0.131 e. The van der Waals surface area contributed by atoms with Gasteiger partial charge in [-0.2, -0.15) is 0 Å². The quantitative estimate of drug-likeness (QED) is 0.761. The highest BCUT2D eigenvalue weighted by Gasteiger charge is 2.47. The van der Waals surface area contributed by atoms with Gasteiger partial charge in [-0.15, -0.1) is 0 Å². The fourth-order valence-electron chi connectivity index (χ4n) is 1.84. The van der Waals surface area contributed by atoms with Crippen LogP contribution in [0.5, 0.6) is 0 Å². The number of anilines is 1. The van der Waals surface area contributed by atoms with E-state index in [4.69, 9.17) is 11.6 Å². The Labute approximate surface area is 94.5 Å². The molecule has 2 atom stereocenters. The Kier molecular flexibility index (Phi) is 2.61. The van der Waals surface area contributed by atoms with Crippen LogP contribution in [0.15, 0.2) is 18.3 Å². The molecule has 1 saturated carbocycles. The van der Waals surface area contributed by atoms with Gasteiger partial charge >= 0.3 is 0 Å². The van der Waals surface area contributed by atoms with E-state index in [0.29, 0.717) is 11.2 Å². The Morgan fingerprint density at radius 3 is 2.87 bits per heavy atom. The molecule has 2 rings (SSSR count). The molecule has 0 amide bonds. The van der Waals surface area contributed by atoms with Crippen LogP contribution in [0.2, 0.25) is 5.15 Å². The third kappa shape index (κ3) is 1.94. The van der Waals surface area contributed by atoms with Crippen molar-refractivity contribution in [1.82, 2.24) is 4.98 Å². The van der Waals surface area contributed by atoms with Crippen LogP contribution in [0.25, 0.3) is 0 Å². The Balaban J connectivity index is 2.05. The lowest BCUT2D eigenvalue weighted by Gasteiger charge is -2.49. The van der Waals surface area contributed by atoms with E-state index in [1.54, 1.807) is 12.3 Å². The normalized spacial score (nSPS) is 28.3. The van der Waals surface area contributed by atoms with E-state index in [2.05, 4.69) is 24.1 Å². The third-order valence-corrected chi connectivity index (χ3v) is 3.49. The van der Waals surface area contributed by atoms with Crippen molar-refractivity contribution in [3.8, 4) is 0 Å². The molecule has 2 unspecified atom stereocenters. The Morgan fingerprint density at radius 2 is 2.33 bits per heavy atom. The summed E-state index contributed by atoms with van der Waals surface area (Å²) in [4.78, 5) is 3.92. The highest BCUT2D eigenvalue weighted by molar-refractivity contribution is 6.29. The first-order valence-corrected chi connectivity index (χ1v) is 5.44. The largest absolute Gasteiger partial charge is 0.392 e. The van der Waals surface area contributed by atoms with Gasteiger partial charge in [-0.1, -0.05) is 25.4 Å². The summed E-state index contributed by atoms with van der Waals surface area (Å²) in [6.45, 7) is 4.11. The van der Waals surface area contributed by atoms with Crippen molar-refractivity contribution in [2.24, 2.45) is 5.41 Å². The van der Waals surface area contributed by atoms with Gasteiger partial charge in [0.05, 0.1) is 6.10 Å². The standard InChI is InChI=1S/C11H15ClN2O/c1-11(2)8(6-9(11)15)14-7-3-4-13-10(12)5-7/h3-5,8-9,15H,6H2,1-2H3,(H,13,14). The second-order valence-electron chi connectivity index (χ2n) is 4.64. The Bertz CT molecular complexity index is 367. The maximum Gasteiger partial charge on any atom is 0.131 e. The molecule has 82 valence electrons. The molecule has 1 aromatic rings. The molecule has 1 heterocycles. The first kappa shape index (κ1) is 10.7. The van der Waals surface area contributed by atoms with E-state index >= 15 is 0 Å². The molecule has 2 N–H and O–H groups in total. The summed E-state index contributed by atoms with van der Waals surface area (Å²) in [7, 11) is 0. The highest BCUT2D eigenvalue weighted by Crippen LogP contribution is 2.42. The SMILES string of the molecule is CC1(C)C(O)CC1Nc1ccnc(Cl)c1. The van der Waals surface area contributed by atoms with Crippen LogP contribution in [0, 0.1) is 5.41 Å². The van der Waals surface area contributed by atoms with Crippen LogP contribution >= 0.6 is 11.6 Å². The minimum atomic E-state index is -0.215. The molecule has 0 bridgehead atoms. The van der Waals surface area contributed by atoms with Crippen LogP contribution in [0.3, 0.4) is 0 Å². The van der Waals surface area contributed by atoms with Gasteiger partial charge < -0.3 is 10.4 Å². The molecule has 1 aliphatic rings. The van der Waals surface area contributed by atoms with Crippen molar-refractivity contribution >= 4 is 17.3 Å². The highest BCUT2D eigenvalue weighted by atomic mass is 35.5. The van der Waals surface area contributed by atoms with Gasteiger partial charge in [0.2, 0.25) is 0 Å². The second-order valence-corrected chi connectivity index (χ2v) is 5.02. The molecular weight excluding hydrogens is 212 g/mol. The number of aromatic nitrogens is 1. The van der Waals surface area contributed by atoms with Crippen molar-refractivity contribution in [2.45, 2.75) is 32.4 Å². The van der Waals surface area contributed by atoms with E-state index < -0.39 is 0 Å². The first-order valence-electron chi connectivity index (χ1n) is 5.06. The summed E-state index contributed by atoms with van der Waals surface area (Å²) < 4.78 is 0. The number of aliphatic hydroxyl groups excluding tert-OH is 1. The van der Waals surface area contributed by atoms with Gasteiger partial charge in [0.25, 0.3) is 0 Å². The zero-order chi connectivity index (χ0) is 11.1. The molecule has 3 nitrogen and oxygen atoms in total. The van der Waals surface area contributed by atoms with Crippen LogP contribution in [-0.2, 0) is 0 Å². The lowest BCUT2D eigenvalue weighted by molar-refractivity contribution is -0.0510. The molecule has 1 fully saturated rings. The minimum Gasteiger partial charge on any atom is -0.392 e.